The highest BCUT2D eigenvalue weighted by Crippen LogP contribution is 2.16. The smallest absolute Gasteiger partial charge is 0.181 e. The fourth-order valence-corrected chi connectivity index (χ4v) is 1.49. The van der Waals surface area contributed by atoms with Gasteiger partial charge in [0, 0.05) is 16.8 Å². The average molecular weight is 249 g/mol. The lowest BCUT2D eigenvalue weighted by Gasteiger charge is -1.99. The lowest BCUT2D eigenvalue weighted by Crippen LogP contribution is -1.99. The maximum Gasteiger partial charge on any atom is 0.181 e. The molecule has 0 aliphatic carbocycles. The molecule has 1 heterocycles. The van der Waals surface area contributed by atoms with Crippen molar-refractivity contribution in [2.45, 2.75) is 13.5 Å². The van der Waals surface area contributed by atoms with Gasteiger partial charge in [0.25, 0.3) is 0 Å². The lowest BCUT2D eigenvalue weighted by molar-refractivity contribution is 0.678. The van der Waals surface area contributed by atoms with Crippen LogP contribution in [0.5, 0.6) is 0 Å². The third-order valence-electron chi connectivity index (χ3n) is 2.30. The van der Waals surface area contributed by atoms with E-state index in [1.165, 1.54) is 0 Å². The number of anilines is 1. The predicted molar refractivity (Wildman–Crippen MR) is 69.5 cm³/mol. The maximum atomic E-state index is 5.63. The normalized spacial score (nSPS) is 11.8. The van der Waals surface area contributed by atoms with Gasteiger partial charge >= 0.3 is 0 Å². The molecule has 1 aromatic heterocycles. The first-order valence-electron chi connectivity index (χ1n) is 5.20. The third-order valence-corrected chi connectivity index (χ3v) is 2.68. The zero-order chi connectivity index (χ0) is 12.3. The van der Waals surface area contributed by atoms with E-state index in [1.54, 1.807) is 16.5 Å². The molecule has 0 aliphatic rings. The Morgan fingerprint density at radius 3 is 2.76 bits per heavy atom. The van der Waals surface area contributed by atoms with Crippen molar-refractivity contribution in [1.29, 1.82) is 0 Å². The van der Waals surface area contributed by atoms with Crippen molar-refractivity contribution >= 4 is 17.3 Å². The molecule has 1 aromatic carbocycles. The molecule has 0 saturated carbocycles. The Bertz CT molecular complexity index is 528. The van der Waals surface area contributed by atoms with Crippen LogP contribution in [0.3, 0.4) is 0 Å². The van der Waals surface area contributed by atoms with Crippen LogP contribution in [0.25, 0.3) is 11.4 Å². The number of aromatic nitrogens is 3. The summed E-state index contributed by atoms with van der Waals surface area (Å²) in [5.74, 6) is 0.687. The Balaban J connectivity index is 2.21. The van der Waals surface area contributed by atoms with Gasteiger partial charge in [0.1, 0.15) is 6.33 Å². The second-order valence-electron chi connectivity index (χ2n) is 3.84. The van der Waals surface area contributed by atoms with Gasteiger partial charge in [-0.25, -0.2) is 9.67 Å². The van der Waals surface area contributed by atoms with Gasteiger partial charge in [-0.2, -0.15) is 5.10 Å². The molecule has 0 amide bonds. The van der Waals surface area contributed by atoms with Crippen LogP contribution in [0.2, 0.25) is 0 Å². The SMILES string of the molecule is C/C(=C/Cl)Cn1cnc(-c2ccc(N)cc2)n1. The minimum Gasteiger partial charge on any atom is -0.399 e. The molecule has 4 nitrogen and oxygen atoms in total. The summed E-state index contributed by atoms with van der Waals surface area (Å²) in [6.45, 7) is 2.59. The molecule has 0 radical (unpaired) electrons. The van der Waals surface area contributed by atoms with Crippen LogP contribution in [-0.4, -0.2) is 14.8 Å². The van der Waals surface area contributed by atoms with E-state index in [4.69, 9.17) is 17.3 Å². The number of hydrogen-bond donors (Lipinski definition) is 1. The van der Waals surface area contributed by atoms with Crippen molar-refractivity contribution < 1.29 is 0 Å². The van der Waals surface area contributed by atoms with Crippen LogP contribution < -0.4 is 5.73 Å². The fourth-order valence-electron chi connectivity index (χ4n) is 1.43. The lowest BCUT2D eigenvalue weighted by atomic mass is 10.2. The van der Waals surface area contributed by atoms with Gasteiger partial charge in [0.2, 0.25) is 0 Å². The van der Waals surface area contributed by atoms with Crippen molar-refractivity contribution in [3.63, 3.8) is 0 Å². The summed E-state index contributed by atoms with van der Waals surface area (Å²) in [6.07, 6.45) is 1.69. The molecule has 2 aromatic rings. The van der Waals surface area contributed by atoms with E-state index >= 15 is 0 Å². The molecule has 0 fully saturated rings. The van der Waals surface area contributed by atoms with Gasteiger partial charge in [-0.05, 0) is 36.8 Å². The number of hydrogen-bond acceptors (Lipinski definition) is 3. The van der Waals surface area contributed by atoms with Crippen LogP contribution in [0.4, 0.5) is 5.69 Å². The Labute approximate surface area is 105 Å². The van der Waals surface area contributed by atoms with Gasteiger partial charge in [-0.3, -0.25) is 0 Å². The molecule has 0 atom stereocenters. The summed E-state index contributed by atoms with van der Waals surface area (Å²) in [5.41, 5.74) is 9.88. The molecule has 88 valence electrons. The molecular formula is C12H13ClN4. The van der Waals surface area contributed by atoms with E-state index in [0.717, 1.165) is 16.8 Å². The summed E-state index contributed by atoms with van der Waals surface area (Å²) in [4.78, 5) is 4.24. The molecule has 2 N–H and O–H groups in total. The molecule has 2 rings (SSSR count). The number of benzene rings is 1. The molecule has 5 heteroatoms. The second kappa shape index (κ2) is 5.01. The van der Waals surface area contributed by atoms with Gasteiger partial charge in [0.15, 0.2) is 5.82 Å². The summed E-state index contributed by atoms with van der Waals surface area (Å²) in [7, 11) is 0. The van der Waals surface area contributed by atoms with Crippen LogP contribution in [0.15, 0.2) is 41.7 Å². The van der Waals surface area contributed by atoms with E-state index < -0.39 is 0 Å². The number of halogens is 1. The van der Waals surface area contributed by atoms with Crippen LogP contribution in [0.1, 0.15) is 6.92 Å². The van der Waals surface area contributed by atoms with Gasteiger partial charge in [-0.1, -0.05) is 11.6 Å². The first-order chi connectivity index (χ1) is 8.19. The maximum absolute atomic E-state index is 5.63. The first kappa shape index (κ1) is 11.7. The quantitative estimate of drug-likeness (QED) is 0.850. The number of nitrogens with zero attached hydrogens (tertiary/aromatic N) is 3. The zero-order valence-corrected chi connectivity index (χ0v) is 10.2. The van der Waals surface area contributed by atoms with Crippen LogP contribution >= 0.6 is 11.6 Å². The van der Waals surface area contributed by atoms with Crippen molar-refractivity contribution in [2.75, 3.05) is 5.73 Å². The second-order valence-corrected chi connectivity index (χ2v) is 4.06. The predicted octanol–water partition coefficient (Wildman–Crippen LogP) is 2.67. The molecule has 17 heavy (non-hydrogen) atoms. The number of rotatable bonds is 3. The number of nitrogen functional groups attached to an aromatic ring is 1. The van der Waals surface area contributed by atoms with Crippen LogP contribution in [-0.2, 0) is 6.54 Å². The van der Waals surface area contributed by atoms with Crippen molar-refractivity contribution in [1.82, 2.24) is 14.8 Å². The van der Waals surface area contributed by atoms with Gasteiger partial charge in [-0.15, -0.1) is 0 Å². The Morgan fingerprint density at radius 2 is 2.12 bits per heavy atom. The Kier molecular flexibility index (Phi) is 3.44. The van der Waals surface area contributed by atoms with E-state index in [9.17, 15) is 0 Å². The van der Waals surface area contributed by atoms with Gasteiger partial charge in [0.05, 0.1) is 6.54 Å². The molecule has 0 saturated heterocycles. The standard InChI is InChI=1S/C12H13ClN4/c1-9(6-13)7-17-8-15-12(16-17)10-2-4-11(14)5-3-10/h2-6,8H,7,14H2,1H3/b9-6-. The summed E-state index contributed by atoms with van der Waals surface area (Å²) in [5, 5.41) is 4.36. The topological polar surface area (TPSA) is 56.7 Å². The highest BCUT2D eigenvalue weighted by molar-refractivity contribution is 6.25. The van der Waals surface area contributed by atoms with Gasteiger partial charge < -0.3 is 5.73 Å². The fraction of sp³-hybridized carbons (Fsp3) is 0.167. The third kappa shape index (κ3) is 2.85. The molecule has 0 aliphatic heterocycles. The van der Waals surface area contributed by atoms with Crippen molar-refractivity contribution in [2.24, 2.45) is 0 Å². The number of nitrogens with two attached hydrogens (primary N) is 1. The number of allylic oxidation sites excluding steroid dienone is 1. The average Bonchev–Trinajstić information content (AvgIpc) is 2.78. The van der Waals surface area contributed by atoms with E-state index in [2.05, 4.69) is 10.1 Å². The Morgan fingerprint density at radius 1 is 1.41 bits per heavy atom. The van der Waals surface area contributed by atoms with E-state index in [1.807, 2.05) is 31.2 Å². The monoisotopic (exact) mass is 248 g/mol. The minimum atomic E-state index is 0.644. The van der Waals surface area contributed by atoms with Crippen LogP contribution in [0, 0.1) is 0 Å². The Hall–Kier alpha value is -1.81. The zero-order valence-electron chi connectivity index (χ0n) is 9.47. The van der Waals surface area contributed by atoms with E-state index in [0.29, 0.717) is 12.4 Å². The summed E-state index contributed by atoms with van der Waals surface area (Å²) >= 11 is 5.61. The van der Waals surface area contributed by atoms with E-state index in [-0.39, 0.29) is 0 Å². The summed E-state index contributed by atoms with van der Waals surface area (Å²) in [6, 6.07) is 7.47. The molecule has 0 spiro atoms. The highest BCUT2D eigenvalue weighted by Gasteiger charge is 2.03. The van der Waals surface area contributed by atoms with Crippen molar-refractivity contribution in [3.05, 3.63) is 41.7 Å². The summed E-state index contributed by atoms with van der Waals surface area (Å²) < 4.78 is 1.75. The first-order valence-corrected chi connectivity index (χ1v) is 5.64. The molecule has 0 bridgehead atoms. The largest absolute Gasteiger partial charge is 0.399 e. The van der Waals surface area contributed by atoms with Crippen molar-refractivity contribution in [3.8, 4) is 11.4 Å². The molecule has 0 unspecified atom stereocenters. The minimum absolute atomic E-state index is 0.644. The highest BCUT2D eigenvalue weighted by atomic mass is 35.5. The molecular weight excluding hydrogens is 236 g/mol.